The molecular formula is C12H20N4S2. The van der Waals surface area contributed by atoms with E-state index in [2.05, 4.69) is 28.5 Å². The van der Waals surface area contributed by atoms with Crippen LogP contribution >= 0.6 is 23.1 Å². The predicted molar refractivity (Wildman–Crippen MR) is 76.8 cm³/mol. The van der Waals surface area contributed by atoms with Crippen LogP contribution in [0.15, 0.2) is 9.85 Å². The van der Waals surface area contributed by atoms with E-state index >= 15 is 0 Å². The second-order valence-electron chi connectivity index (χ2n) is 4.38. The number of nitrogens with one attached hydrogen (secondary N) is 1. The molecule has 0 aliphatic heterocycles. The van der Waals surface area contributed by atoms with Gasteiger partial charge >= 0.3 is 0 Å². The maximum atomic E-state index is 9.18. The summed E-state index contributed by atoms with van der Waals surface area (Å²) < 4.78 is 1.03. The Hall–Kier alpha value is -0.640. The first-order valence-corrected chi connectivity index (χ1v) is 8.12. The standard InChI is InChI=1S/C12H20N4S2/c1-3-7-14-12(2,9-13)6-4-5-8-17-11-16-15-10-18-11/h10,14H,3-8H2,1-2H3. The second kappa shape index (κ2) is 8.46. The van der Waals surface area contributed by atoms with E-state index in [-0.39, 0.29) is 5.54 Å². The van der Waals surface area contributed by atoms with Crippen molar-refractivity contribution in [1.82, 2.24) is 15.5 Å². The van der Waals surface area contributed by atoms with Crippen molar-refractivity contribution in [1.29, 1.82) is 5.26 Å². The SMILES string of the molecule is CCCNC(C)(C#N)CCCCSc1nncs1. The summed E-state index contributed by atoms with van der Waals surface area (Å²) in [5.41, 5.74) is 1.38. The predicted octanol–water partition coefficient (Wildman–Crippen LogP) is 3.08. The van der Waals surface area contributed by atoms with Crippen LogP contribution in [-0.2, 0) is 0 Å². The summed E-state index contributed by atoms with van der Waals surface area (Å²) in [6, 6.07) is 2.38. The Balaban J connectivity index is 2.13. The van der Waals surface area contributed by atoms with Crippen LogP contribution in [-0.4, -0.2) is 28.0 Å². The van der Waals surface area contributed by atoms with Crippen LogP contribution in [0.4, 0.5) is 0 Å². The van der Waals surface area contributed by atoms with Crippen molar-refractivity contribution in [3.63, 3.8) is 0 Å². The van der Waals surface area contributed by atoms with Gasteiger partial charge in [-0.05, 0) is 39.2 Å². The lowest BCUT2D eigenvalue weighted by atomic mass is 9.96. The first-order valence-electron chi connectivity index (χ1n) is 6.25. The van der Waals surface area contributed by atoms with Gasteiger partial charge in [-0.2, -0.15) is 5.26 Å². The van der Waals surface area contributed by atoms with E-state index in [0.717, 1.165) is 42.3 Å². The molecular weight excluding hydrogens is 264 g/mol. The molecule has 1 rings (SSSR count). The van der Waals surface area contributed by atoms with Gasteiger partial charge in [0.15, 0.2) is 4.34 Å². The molecule has 6 heteroatoms. The van der Waals surface area contributed by atoms with Crippen LogP contribution in [0.25, 0.3) is 0 Å². The zero-order valence-corrected chi connectivity index (χ0v) is 12.6. The van der Waals surface area contributed by atoms with Crippen LogP contribution in [0, 0.1) is 11.3 Å². The lowest BCUT2D eigenvalue weighted by molar-refractivity contribution is 0.406. The molecule has 1 unspecified atom stereocenters. The fraction of sp³-hybridized carbons (Fsp3) is 0.750. The summed E-state index contributed by atoms with van der Waals surface area (Å²) in [5, 5.41) is 20.3. The average molecular weight is 284 g/mol. The third-order valence-electron chi connectivity index (χ3n) is 2.65. The highest BCUT2D eigenvalue weighted by Gasteiger charge is 2.21. The zero-order chi connectivity index (χ0) is 13.3. The first-order chi connectivity index (χ1) is 8.70. The van der Waals surface area contributed by atoms with Crippen molar-refractivity contribution in [2.24, 2.45) is 0 Å². The fourth-order valence-electron chi connectivity index (χ4n) is 1.55. The van der Waals surface area contributed by atoms with Crippen LogP contribution < -0.4 is 5.32 Å². The van der Waals surface area contributed by atoms with Crippen molar-refractivity contribution >= 4 is 23.1 Å². The Labute approximate surface area is 117 Å². The maximum Gasteiger partial charge on any atom is 0.174 e. The minimum absolute atomic E-state index is 0.372. The highest BCUT2D eigenvalue weighted by Crippen LogP contribution is 2.21. The number of rotatable bonds is 9. The summed E-state index contributed by atoms with van der Waals surface area (Å²) >= 11 is 3.32. The zero-order valence-electron chi connectivity index (χ0n) is 11.0. The normalized spacial score (nSPS) is 14.1. The smallest absolute Gasteiger partial charge is 0.174 e. The van der Waals surface area contributed by atoms with Crippen LogP contribution in [0.2, 0.25) is 0 Å². The molecule has 0 fully saturated rings. The van der Waals surface area contributed by atoms with E-state index < -0.39 is 0 Å². The Morgan fingerprint density at radius 1 is 1.56 bits per heavy atom. The summed E-state index contributed by atoms with van der Waals surface area (Å²) in [7, 11) is 0. The molecule has 1 aromatic heterocycles. The van der Waals surface area contributed by atoms with Gasteiger partial charge in [-0.25, -0.2) is 0 Å². The molecule has 1 heterocycles. The lowest BCUT2D eigenvalue weighted by Gasteiger charge is -2.22. The lowest BCUT2D eigenvalue weighted by Crippen LogP contribution is -2.41. The number of nitrogens with zero attached hydrogens (tertiary/aromatic N) is 3. The molecule has 0 aromatic carbocycles. The van der Waals surface area contributed by atoms with Gasteiger partial charge in [0.05, 0.1) is 6.07 Å². The van der Waals surface area contributed by atoms with Gasteiger partial charge < -0.3 is 0 Å². The van der Waals surface area contributed by atoms with E-state index in [4.69, 9.17) is 0 Å². The van der Waals surface area contributed by atoms with Crippen molar-refractivity contribution in [2.45, 2.75) is 49.4 Å². The van der Waals surface area contributed by atoms with E-state index in [0.29, 0.717) is 0 Å². The molecule has 4 nitrogen and oxygen atoms in total. The third-order valence-corrected chi connectivity index (χ3v) is 4.60. The number of hydrogen-bond acceptors (Lipinski definition) is 6. The summed E-state index contributed by atoms with van der Waals surface area (Å²) in [6.07, 6.45) is 4.13. The number of nitriles is 1. The highest BCUT2D eigenvalue weighted by molar-refractivity contribution is 8.00. The molecule has 0 aliphatic rings. The first kappa shape index (κ1) is 15.4. The van der Waals surface area contributed by atoms with Gasteiger partial charge in [0, 0.05) is 5.75 Å². The molecule has 0 radical (unpaired) electrons. The summed E-state index contributed by atoms with van der Waals surface area (Å²) in [6.45, 7) is 5.01. The van der Waals surface area contributed by atoms with E-state index in [1.54, 1.807) is 28.6 Å². The molecule has 0 spiro atoms. The van der Waals surface area contributed by atoms with Crippen LogP contribution in [0.1, 0.15) is 39.5 Å². The van der Waals surface area contributed by atoms with Gasteiger partial charge in [0.25, 0.3) is 0 Å². The van der Waals surface area contributed by atoms with E-state index in [9.17, 15) is 5.26 Å². The van der Waals surface area contributed by atoms with Crippen LogP contribution in [0.5, 0.6) is 0 Å². The van der Waals surface area contributed by atoms with Crippen molar-refractivity contribution < 1.29 is 0 Å². The van der Waals surface area contributed by atoms with Crippen molar-refractivity contribution in [3.05, 3.63) is 5.51 Å². The Morgan fingerprint density at radius 2 is 2.39 bits per heavy atom. The molecule has 0 amide bonds. The fourth-order valence-corrected chi connectivity index (χ4v) is 3.11. The third kappa shape index (κ3) is 5.80. The molecule has 100 valence electrons. The average Bonchev–Trinajstić information content (AvgIpc) is 2.89. The molecule has 0 aliphatic carbocycles. The quantitative estimate of drug-likeness (QED) is 0.558. The monoisotopic (exact) mass is 284 g/mol. The minimum Gasteiger partial charge on any atom is -0.300 e. The minimum atomic E-state index is -0.372. The molecule has 1 atom stereocenters. The van der Waals surface area contributed by atoms with Crippen molar-refractivity contribution in [2.75, 3.05) is 12.3 Å². The van der Waals surface area contributed by atoms with Gasteiger partial charge in [-0.1, -0.05) is 30.0 Å². The Bertz CT molecular complexity index is 361. The van der Waals surface area contributed by atoms with Crippen LogP contribution in [0.3, 0.4) is 0 Å². The Kier molecular flexibility index (Phi) is 7.25. The summed E-state index contributed by atoms with van der Waals surface area (Å²) in [4.78, 5) is 0. The van der Waals surface area contributed by atoms with Gasteiger partial charge in [-0.15, -0.1) is 10.2 Å². The van der Waals surface area contributed by atoms with Crippen molar-refractivity contribution in [3.8, 4) is 6.07 Å². The van der Waals surface area contributed by atoms with Gasteiger partial charge in [0.2, 0.25) is 0 Å². The number of unbranched alkanes of at least 4 members (excludes halogenated alkanes) is 1. The number of aromatic nitrogens is 2. The molecule has 18 heavy (non-hydrogen) atoms. The topological polar surface area (TPSA) is 61.6 Å². The molecule has 1 N–H and O–H groups in total. The molecule has 0 bridgehead atoms. The Morgan fingerprint density at radius 3 is 3.00 bits per heavy atom. The van der Waals surface area contributed by atoms with Gasteiger partial charge in [0.1, 0.15) is 11.0 Å². The van der Waals surface area contributed by atoms with E-state index in [1.165, 1.54) is 0 Å². The highest BCUT2D eigenvalue weighted by atomic mass is 32.2. The maximum absolute atomic E-state index is 9.18. The summed E-state index contributed by atoms with van der Waals surface area (Å²) in [5.74, 6) is 1.05. The van der Waals surface area contributed by atoms with Gasteiger partial charge in [-0.3, -0.25) is 5.32 Å². The second-order valence-corrected chi connectivity index (χ2v) is 6.56. The molecule has 0 saturated carbocycles. The number of hydrogen-bond donors (Lipinski definition) is 1. The van der Waals surface area contributed by atoms with E-state index in [1.807, 2.05) is 6.92 Å². The number of thioether (sulfide) groups is 1. The molecule has 1 aromatic rings. The molecule has 0 saturated heterocycles. The largest absolute Gasteiger partial charge is 0.300 e.